The van der Waals surface area contributed by atoms with Crippen molar-refractivity contribution in [1.82, 2.24) is 5.32 Å². The second kappa shape index (κ2) is 7.69. The molecule has 1 aromatic heterocycles. The summed E-state index contributed by atoms with van der Waals surface area (Å²) in [5.74, 6) is -0.826. The van der Waals surface area contributed by atoms with Gasteiger partial charge in [-0.3, -0.25) is 14.4 Å². The van der Waals surface area contributed by atoms with E-state index in [-0.39, 0.29) is 40.1 Å². The van der Waals surface area contributed by atoms with Gasteiger partial charge in [0.1, 0.15) is 18.8 Å². The van der Waals surface area contributed by atoms with Gasteiger partial charge in [0.05, 0.1) is 30.9 Å². The van der Waals surface area contributed by atoms with Crippen molar-refractivity contribution < 1.29 is 28.4 Å². The smallest absolute Gasteiger partial charge is 0.255 e. The molecule has 1 aliphatic carbocycles. The minimum Gasteiger partial charge on any atom is -0.456 e. The maximum absolute atomic E-state index is 12.9. The zero-order valence-electron chi connectivity index (χ0n) is 15.8. The molecule has 1 fully saturated rings. The monoisotopic (exact) mass is 383 g/mol. The summed E-state index contributed by atoms with van der Waals surface area (Å²) < 4.78 is 10.9. The number of carbonyl (C=O) groups is 3. The van der Waals surface area contributed by atoms with E-state index in [4.69, 9.17) is 9.15 Å². The molecule has 1 amide bonds. The quantitative estimate of drug-likeness (QED) is 0.623. The number of fused-ring (bicyclic) bond motifs is 2. The van der Waals surface area contributed by atoms with E-state index in [2.05, 4.69) is 5.32 Å². The van der Waals surface area contributed by atoms with E-state index in [1.54, 1.807) is 31.2 Å². The summed E-state index contributed by atoms with van der Waals surface area (Å²) in [7, 11) is 0. The molecule has 0 radical (unpaired) electrons. The van der Waals surface area contributed by atoms with Gasteiger partial charge >= 0.3 is 0 Å². The van der Waals surface area contributed by atoms with E-state index in [0.717, 1.165) is 39.3 Å². The van der Waals surface area contributed by atoms with Crippen molar-refractivity contribution in [2.75, 3.05) is 39.4 Å². The number of ether oxygens (including phenoxy) is 1. The van der Waals surface area contributed by atoms with E-state index < -0.39 is 0 Å². The number of nitrogens with one attached hydrogen (secondary N) is 2. The van der Waals surface area contributed by atoms with Crippen molar-refractivity contribution >= 4 is 17.5 Å². The molecule has 2 aromatic rings. The van der Waals surface area contributed by atoms with Gasteiger partial charge in [-0.25, -0.2) is 0 Å². The van der Waals surface area contributed by atoms with Crippen LogP contribution in [0.5, 0.6) is 0 Å². The Kier molecular flexibility index (Phi) is 5.11. The van der Waals surface area contributed by atoms with Crippen LogP contribution in [-0.2, 0) is 4.74 Å². The highest BCUT2D eigenvalue weighted by Gasteiger charge is 2.38. The highest BCUT2D eigenvalue weighted by molar-refractivity contribution is 6.30. The lowest BCUT2D eigenvalue weighted by Crippen LogP contribution is -3.14. The molecule has 4 rings (SSSR count). The van der Waals surface area contributed by atoms with Crippen molar-refractivity contribution in [3.8, 4) is 0 Å². The lowest BCUT2D eigenvalue weighted by molar-refractivity contribution is -0.908. The standard InChI is InChI=1S/C21H22N2O5/c1-13-16(21(26)22-7-4-8-23-9-11-27-12-10-23)17-18(24)14-5-2-3-6-15(14)19(25)20(17)28-13/h2-3,5-6H,4,7-12H2,1H3,(H,22,26)/p+1. The molecule has 28 heavy (non-hydrogen) atoms. The third-order valence-corrected chi connectivity index (χ3v) is 5.35. The number of benzene rings is 1. The third-order valence-electron chi connectivity index (χ3n) is 5.35. The van der Waals surface area contributed by atoms with Crippen molar-refractivity contribution in [1.29, 1.82) is 0 Å². The van der Waals surface area contributed by atoms with Gasteiger partial charge in [-0.2, -0.15) is 0 Å². The van der Waals surface area contributed by atoms with Gasteiger partial charge in [0.2, 0.25) is 5.78 Å². The largest absolute Gasteiger partial charge is 0.456 e. The van der Waals surface area contributed by atoms with Gasteiger partial charge in [0.25, 0.3) is 5.91 Å². The maximum Gasteiger partial charge on any atom is 0.255 e. The molecule has 0 unspecified atom stereocenters. The summed E-state index contributed by atoms with van der Waals surface area (Å²) in [6, 6.07) is 6.61. The minimum absolute atomic E-state index is 0.0379. The average Bonchev–Trinajstić information content (AvgIpc) is 3.07. The molecule has 7 heteroatoms. The van der Waals surface area contributed by atoms with Crippen LogP contribution < -0.4 is 10.2 Å². The van der Waals surface area contributed by atoms with Crippen LogP contribution >= 0.6 is 0 Å². The number of hydrogen-bond donors (Lipinski definition) is 2. The fourth-order valence-electron chi connectivity index (χ4n) is 3.87. The maximum atomic E-state index is 12.9. The second-order valence-corrected chi connectivity index (χ2v) is 7.16. The summed E-state index contributed by atoms with van der Waals surface area (Å²) in [4.78, 5) is 39.8. The summed E-state index contributed by atoms with van der Waals surface area (Å²) in [5, 5.41) is 2.87. The first-order valence-electron chi connectivity index (χ1n) is 9.59. The molecule has 146 valence electrons. The molecule has 2 heterocycles. The van der Waals surface area contributed by atoms with Gasteiger partial charge in [-0.1, -0.05) is 24.3 Å². The number of ketones is 2. The van der Waals surface area contributed by atoms with Crippen LogP contribution in [0.1, 0.15) is 54.6 Å². The molecule has 0 atom stereocenters. The Labute approximate surface area is 162 Å². The Bertz CT molecular complexity index is 940. The fourth-order valence-corrected chi connectivity index (χ4v) is 3.87. The Balaban J connectivity index is 1.48. The number of hydrogen-bond acceptors (Lipinski definition) is 5. The van der Waals surface area contributed by atoms with Crippen LogP contribution in [0.3, 0.4) is 0 Å². The number of rotatable bonds is 5. The summed E-state index contributed by atoms with van der Waals surface area (Å²) in [6.07, 6.45) is 0.829. The molecule has 7 nitrogen and oxygen atoms in total. The Morgan fingerprint density at radius 3 is 2.50 bits per heavy atom. The van der Waals surface area contributed by atoms with E-state index in [1.807, 2.05) is 0 Å². The van der Waals surface area contributed by atoms with E-state index in [1.165, 1.54) is 4.90 Å². The molecule has 2 N–H and O–H groups in total. The van der Waals surface area contributed by atoms with Crippen molar-refractivity contribution in [3.05, 3.63) is 58.0 Å². The lowest BCUT2D eigenvalue weighted by atomic mass is 9.86. The minimum atomic E-state index is -0.375. The van der Waals surface area contributed by atoms with Gasteiger partial charge < -0.3 is 19.4 Å². The van der Waals surface area contributed by atoms with Gasteiger partial charge in [-0.15, -0.1) is 0 Å². The van der Waals surface area contributed by atoms with Crippen LogP contribution in [0.15, 0.2) is 28.7 Å². The van der Waals surface area contributed by atoms with Crippen molar-refractivity contribution in [2.24, 2.45) is 0 Å². The van der Waals surface area contributed by atoms with E-state index in [9.17, 15) is 14.4 Å². The first kappa shape index (κ1) is 18.6. The highest BCUT2D eigenvalue weighted by Crippen LogP contribution is 2.33. The van der Waals surface area contributed by atoms with Gasteiger partial charge in [-0.05, 0) is 6.92 Å². The van der Waals surface area contributed by atoms with Crippen molar-refractivity contribution in [3.63, 3.8) is 0 Å². The summed E-state index contributed by atoms with van der Waals surface area (Å²) in [6.45, 7) is 6.59. The number of carbonyl (C=O) groups excluding carboxylic acids is 3. The van der Waals surface area contributed by atoms with Crippen LogP contribution in [0.25, 0.3) is 0 Å². The number of furan rings is 1. The van der Waals surface area contributed by atoms with E-state index in [0.29, 0.717) is 17.7 Å². The van der Waals surface area contributed by atoms with Crippen LogP contribution in [0.4, 0.5) is 0 Å². The Morgan fingerprint density at radius 1 is 1.11 bits per heavy atom. The van der Waals surface area contributed by atoms with Gasteiger partial charge in [0, 0.05) is 24.1 Å². The normalized spacial score (nSPS) is 16.6. The zero-order valence-corrected chi connectivity index (χ0v) is 15.8. The molecule has 2 aliphatic rings. The Hall–Kier alpha value is -2.77. The summed E-state index contributed by atoms with van der Waals surface area (Å²) >= 11 is 0. The highest BCUT2D eigenvalue weighted by atomic mass is 16.5. The lowest BCUT2D eigenvalue weighted by Gasteiger charge is -2.23. The number of quaternary nitrogens is 1. The topological polar surface area (TPSA) is 90.0 Å². The van der Waals surface area contributed by atoms with Gasteiger partial charge in [0.15, 0.2) is 11.5 Å². The molecular weight excluding hydrogens is 360 g/mol. The predicted molar refractivity (Wildman–Crippen MR) is 100 cm³/mol. The van der Waals surface area contributed by atoms with Crippen LogP contribution in [-0.4, -0.2) is 56.9 Å². The number of aryl methyl sites for hydroxylation is 1. The number of amides is 1. The number of morpholine rings is 1. The molecule has 0 bridgehead atoms. The third kappa shape index (κ3) is 3.27. The molecule has 1 aromatic carbocycles. The zero-order chi connectivity index (χ0) is 19.7. The van der Waals surface area contributed by atoms with Crippen LogP contribution in [0.2, 0.25) is 0 Å². The van der Waals surface area contributed by atoms with E-state index >= 15 is 0 Å². The first-order valence-corrected chi connectivity index (χ1v) is 9.59. The predicted octanol–water partition coefficient (Wildman–Crippen LogP) is 0.398. The molecular formula is C21H23N2O5+. The molecule has 1 saturated heterocycles. The van der Waals surface area contributed by atoms with Crippen LogP contribution in [0, 0.1) is 6.92 Å². The molecule has 0 spiro atoms. The SMILES string of the molecule is Cc1oc2c(c1C(=O)NCCC[NH+]1CCOCC1)C(=O)c1ccccc1C2=O. The molecule has 1 aliphatic heterocycles. The Morgan fingerprint density at radius 2 is 1.79 bits per heavy atom. The summed E-state index contributed by atoms with van der Waals surface area (Å²) in [5.41, 5.74) is 0.874. The fraction of sp³-hybridized carbons (Fsp3) is 0.381. The van der Waals surface area contributed by atoms with Crippen molar-refractivity contribution in [2.45, 2.75) is 13.3 Å². The molecule has 0 saturated carbocycles. The average molecular weight is 383 g/mol. The second-order valence-electron chi connectivity index (χ2n) is 7.16. The first-order chi connectivity index (χ1) is 13.6.